The Morgan fingerprint density at radius 1 is 1.18 bits per heavy atom. The zero-order chi connectivity index (χ0) is 23.9. The van der Waals surface area contributed by atoms with Crippen LogP contribution in [-0.2, 0) is 16.8 Å². The number of ether oxygens (including phenoxy) is 1. The third-order valence-corrected chi connectivity index (χ3v) is 7.41. The zero-order valence-electron chi connectivity index (χ0n) is 20.5. The first-order chi connectivity index (χ1) is 16.3. The highest BCUT2D eigenvalue weighted by Crippen LogP contribution is 2.50. The fourth-order valence-corrected chi connectivity index (χ4v) is 5.56. The average molecular weight is 463 g/mol. The van der Waals surface area contributed by atoms with Crippen LogP contribution in [0.25, 0.3) is 11.4 Å². The van der Waals surface area contributed by atoms with E-state index in [0.29, 0.717) is 24.1 Å². The Bertz CT molecular complexity index is 1130. The zero-order valence-corrected chi connectivity index (χ0v) is 20.5. The molecule has 2 aliphatic rings. The summed E-state index contributed by atoms with van der Waals surface area (Å²) in [7, 11) is 2.08. The van der Waals surface area contributed by atoms with Gasteiger partial charge in [-0.1, -0.05) is 50.2 Å². The highest BCUT2D eigenvalue weighted by atomic mass is 16.5. The first-order valence-electron chi connectivity index (χ1n) is 12.2. The molecule has 2 aliphatic heterocycles. The third kappa shape index (κ3) is 4.06. The van der Waals surface area contributed by atoms with Crippen LogP contribution < -0.4 is 0 Å². The highest BCUT2D eigenvalue weighted by molar-refractivity contribution is 5.56. The molecule has 1 aromatic carbocycles. The van der Waals surface area contributed by atoms with Gasteiger partial charge in [0.1, 0.15) is 5.60 Å². The quantitative estimate of drug-likeness (QED) is 0.564. The second-order valence-corrected chi connectivity index (χ2v) is 10.5. The Labute approximate surface area is 201 Å². The number of hydrogen-bond acceptors (Lipinski definition) is 7. The number of nitrogens with zero attached hydrogens (tertiary/aromatic N) is 4. The van der Waals surface area contributed by atoms with E-state index in [-0.39, 0.29) is 11.5 Å². The van der Waals surface area contributed by atoms with Crippen LogP contribution in [0.4, 0.5) is 0 Å². The SMILES string of the molecule is CC(C)c1ccc([C@](O)(c2cncc(-c3noc(CC4CCCO4)n3)c2)C2(C)CN(C)C2)cc1. The number of pyridine rings is 1. The average Bonchev–Trinajstić information content (AvgIpc) is 3.50. The van der Waals surface area contributed by atoms with Crippen molar-refractivity contribution < 1.29 is 14.4 Å². The van der Waals surface area contributed by atoms with Crippen molar-refractivity contribution in [2.24, 2.45) is 5.41 Å². The number of aliphatic hydroxyl groups is 1. The number of benzene rings is 1. The monoisotopic (exact) mass is 462 g/mol. The van der Waals surface area contributed by atoms with E-state index in [2.05, 4.69) is 72.1 Å². The van der Waals surface area contributed by atoms with E-state index >= 15 is 0 Å². The molecule has 0 aliphatic carbocycles. The summed E-state index contributed by atoms with van der Waals surface area (Å²) >= 11 is 0. The van der Waals surface area contributed by atoms with Gasteiger partial charge < -0.3 is 19.3 Å². The molecule has 2 aromatic heterocycles. The number of rotatable bonds is 7. The first kappa shape index (κ1) is 23.1. The summed E-state index contributed by atoms with van der Waals surface area (Å²) in [4.78, 5) is 11.3. The van der Waals surface area contributed by atoms with Crippen molar-refractivity contribution in [1.82, 2.24) is 20.0 Å². The Morgan fingerprint density at radius 2 is 1.94 bits per heavy atom. The normalized spacial score (nSPS) is 22.0. The molecule has 0 bridgehead atoms. The van der Waals surface area contributed by atoms with Gasteiger partial charge in [0.15, 0.2) is 0 Å². The standard InChI is InChI=1S/C27H34N4O3/c1-18(2)19-7-9-21(10-8-19)27(32,26(3)16-31(4)17-26)22-12-20(14-28-15-22)25-29-24(34-30-25)13-23-6-5-11-33-23/h7-10,12,14-15,18,23,32H,5-6,11,13,16-17H2,1-4H3/t23?,27-/m0/s1. The Hall–Kier alpha value is -2.61. The van der Waals surface area contributed by atoms with Gasteiger partial charge in [-0.3, -0.25) is 4.98 Å². The molecule has 1 N–H and O–H groups in total. The van der Waals surface area contributed by atoms with Gasteiger partial charge in [0, 0.05) is 48.6 Å². The molecule has 5 rings (SSSR count). The van der Waals surface area contributed by atoms with Gasteiger partial charge in [-0.05, 0) is 43.0 Å². The van der Waals surface area contributed by atoms with Gasteiger partial charge in [-0.25, -0.2) is 0 Å². The molecule has 34 heavy (non-hydrogen) atoms. The largest absolute Gasteiger partial charge is 0.380 e. The molecule has 2 atom stereocenters. The summed E-state index contributed by atoms with van der Waals surface area (Å²) < 4.78 is 11.2. The summed E-state index contributed by atoms with van der Waals surface area (Å²) in [5, 5.41) is 16.6. The summed E-state index contributed by atoms with van der Waals surface area (Å²) in [5.74, 6) is 1.48. The number of aromatic nitrogens is 3. The molecule has 0 radical (unpaired) electrons. The summed E-state index contributed by atoms with van der Waals surface area (Å²) in [6, 6.07) is 10.3. The molecular weight excluding hydrogens is 428 g/mol. The van der Waals surface area contributed by atoms with Crippen molar-refractivity contribution >= 4 is 0 Å². The maximum atomic E-state index is 12.4. The lowest BCUT2D eigenvalue weighted by atomic mass is 9.62. The molecule has 180 valence electrons. The fourth-order valence-electron chi connectivity index (χ4n) is 5.56. The predicted octanol–water partition coefficient (Wildman–Crippen LogP) is 4.16. The van der Waals surface area contributed by atoms with Crippen LogP contribution >= 0.6 is 0 Å². The summed E-state index contributed by atoms with van der Waals surface area (Å²) in [5.41, 5.74) is 2.03. The Kier molecular flexibility index (Phi) is 6.04. The van der Waals surface area contributed by atoms with E-state index in [1.54, 1.807) is 12.4 Å². The van der Waals surface area contributed by atoms with Crippen LogP contribution in [0.5, 0.6) is 0 Å². The van der Waals surface area contributed by atoms with E-state index in [4.69, 9.17) is 9.26 Å². The molecule has 3 aromatic rings. The third-order valence-electron chi connectivity index (χ3n) is 7.41. The van der Waals surface area contributed by atoms with Crippen LogP contribution in [0.2, 0.25) is 0 Å². The van der Waals surface area contributed by atoms with E-state index < -0.39 is 5.60 Å². The lowest BCUT2D eigenvalue weighted by molar-refractivity contribution is -0.127. The topological polar surface area (TPSA) is 84.5 Å². The minimum Gasteiger partial charge on any atom is -0.380 e. The molecular formula is C27H34N4O3. The van der Waals surface area contributed by atoms with E-state index in [0.717, 1.165) is 49.2 Å². The van der Waals surface area contributed by atoms with Gasteiger partial charge in [0.25, 0.3) is 0 Å². The van der Waals surface area contributed by atoms with Crippen LogP contribution in [0.15, 0.2) is 47.2 Å². The molecule has 7 heteroatoms. The van der Waals surface area contributed by atoms with Crippen LogP contribution in [-0.4, -0.2) is 58.0 Å². The summed E-state index contributed by atoms with van der Waals surface area (Å²) in [6.07, 6.45) is 6.34. The number of likely N-dealkylation sites (tertiary alicyclic amines) is 1. The Morgan fingerprint density at radius 3 is 2.59 bits per heavy atom. The molecule has 0 saturated carbocycles. The smallest absolute Gasteiger partial charge is 0.229 e. The molecule has 2 fully saturated rings. The summed E-state index contributed by atoms with van der Waals surface area (Å²) in [6.45, 7) is 8.86. The van der Waals surface area contributed by atoms with Crippen molar-refractivity contribution in [3.63, 3.8) is 0 Å². The first-order valence-corrected chi connectivity index (χ1v) is 12.2. The Balaban J connectivity index is 1.50. The van der Waals surface area contributed by atoms with Crippen molar-refractivity contribution in [3.05, 3.63) is 65.3 Å². The van der Waals surface area contributed by atoms with E-state index in [1.165, 1.54) is 5.56 Å². The fraction of sp³-hybridized carbons (Fsp3) is 0.519. The van der Waals surface area contributed by atoms with E-state index in [9.17, 15) is 5.11 Å². The van der Waals surface area contributed by atoms with Gasteiger partial charge in [0.05, 0.1) is 12.5 Å². The van der Waals surface area contributed by atoms with Crippen LogP contribution in [0, 0.1) is 5.41 Å². The van der Waals surface area contributed by atoms with Crippen molar-refractivity contribution in [3.8, 4) is 11.4 Å². The molecule has 2 saturated heterocycles. The minimum atomic E-state index is -1.21. The van der Waals surface area contributed by atoms with Gasteiger partial charge in [-0.15, -0.1) is 0 Å². The van der Waals surface area contributed by atoms with Crippen molar-refractivity contribution in [2.75, 3.05) is 26.7 Å². The predicted molar refractivity (Wildman–Crippen MR) is 129 cm³/mol. The second-order valence-electron chi connectivity index (χ2n) is 10.5. The molecule has 1 unspecified atom stereocenters. The van der Waals surface area contributed by atoms with Gasteiger partial charge >= 0.3 is 0 Å². The van der Waals surface area contributed by atoms with Crippen LogP contribution in [0.3, 0.4) is 0 Å². The maximum Gasteiger partial charge on any atom is 0.229 e. The van der Waals surface area contributed by atoms with Gasteiger partial charge in [0.2, 0.25) is 11.7 Å². The lowest BCUT2D eigenvalue weighted by Gasteiger charge is -2.55. The maximum absolute atomic E-state index is 12.4. The molecule has 0 amide bonds. The minimum absolute atomic E-state index is 0.146. The number of hydrogen-bond donors (Lipinski definition) is 1. The van der Waals surface area contributed by atoms with Gasteiger partial charge in [-0.2, -0.15) is 4.98 Å². The highest BCUT2D eigenvalue weighted by Gasteiger charge is 2.55. The molecule has 4 heterocycles. The molecule has 0 spiro atoms. The van der Waals surface area contributed by atoms with Crippen molar-refractivity contribution in [2.45, 2.75) is 57.7 Å². The molecule has 7 nitrogen and oxygen atoms in total. The lowest BCUT2D eigenvalue weighted by Crippen LogP contribution is -2.63. The van der Waals surface area contributed by atoms with E-state index in [1.807, 2.05) is 6.07 Å². The second kappa shape index (κ2) is 8.87. The van der Waals surface area contributed by atoms with Crippen molar-refractivity contribution in [1.29, 1.82) is 0 Å². The van der Waals surface area contributed by atoms with Crippen LogP contribution in [0.1, 0.15) is 62.1 Å².